The van der Waals surface area contributed by atoms with Crippen molar-refractivity contribution in [2.45, 2.75) is 34.5 Å². The van der Waals surface area contributed by atoms with Gasteiger partial charge in [0.15, 0.2) is 5.82 Å². The highest BCUT2D eigenvalue weighted by Gasteiger charge is 2.50. The average molecular weight is 771 g/mol. The van der Waals surface area contributed by atoms with Gasteiger partial charge in [-0.05, 0) is 85.0 Å². The molecule has 0 radical (unpaired) electrons. The Morgan fingerprint density at radius 3 is 1.58 bits per heavy atom. The number of fused-ring (bicyclic) bond motifs is 12. The number of aromatic nitrogens is 2. The van der Waals surface area contributed by atoms with E-state index in [9.17, 15) is 0 Å². The third kappa shape index (κ3) is 4.95. The maximum Gasteiger partial charge on any atom is 0.160 e. The van der Waals surface area contributed by atoms with Gasteiger partial charge in [-0.25, -0.2) is 9.97 Å². The van der Waals surface area contributed by atoms with Crippen molar-refractivity contribution in [3.05, 3.63) is 228 Å². The highest BCUT2D eigenvalue weighted by atomic mass is 32.2. The smallest absolute Gasteiger partial charge is 0.160 e. The molecule has 0 saturated carbocycles. The van der Waals surface area contributed by atoms with Crippen LogP contribution in [0.3, 0.4) is 0 Å². The third-order valence-corrected chi connectivity index (χ3v) is 14.2. The molecule has 2 nitrogen and oxygen atoms in total. The summed E-state index contributed by atoms with van der Waals surface area (Å²) in [5.74, 6) is 0.722. The van der Waals surface area contributed by atoms with Crippen LogP contribution in [-0.2, 0) is 10.8 Å². The van der Waals surface area contributed by atoms with Crippen molar-refractivity contribution in [2.75, 3.05) is 0 Å². The lowest BCUT2D eigenvalue weighted by Crippen LogP contribution is -2.32. The largest absolute Gasteiger partial charge is 0.228 e. The molecule has 1 spiro atoms. The second-order valence-corrected chi connectivity index (χ2v) is 17.5. The van der Waals surface area contributed by atoms with Crippen molar-refractivity contribution in [3.63, 3.8) is 0 Å². The van der Waals surface area contributed by atoms with E-state index in [1.807, 2.05) is 17.8 Å². The minimum atomic E-state index is -0.402. The van der Waals surface area contributed by atoms with Crippen LogP contribution in [0.2, 0.25) is 0 Å². The summed E-state index contributed by atoms with van der Waals surface area (Å²) in [7, 11) is 0. The van der Waals surface area contributed by atoms with Gasteiger partial charge in [0.2, 0.25) is 0 Å². The van der Waals surface area contributed by atoms with Gasteiger partial charge in [0.25, 0.3) is 0 Å². The molecule has 1 aromatic heterocycles. The fourth-order valence-corrected chi connectivity index (χ4v) is 11.6. The molecule has 3 aliphatic rings. The molecule has 2 aliphatic carbocycles. The summed E-state index contributed by atoms with van der Waals surface area (Å²) in [6.45, 7) is 4.66. The molecule has 0 fully saturated rings. The van der Waals surface area contributed by atoms with E-state index in [1.165, 1.54) is 76.6 Å². The molecular formula is C56H38N2S. The molecule has 0 atom stereocenters. The number of rotatable bonds is 4. The fraction of sp³-hybridized carbons (Fsp3) is 0.0714. The van der Waals surface area contributed by atoms with E-state index < -0.39 is 5.41 Å². The first-order chi connectivity index (χ1) is 29.0. The lowest BCUT2D eigenvalue weighted by atomic mass is 9.67. The van der Waals surface area contributed by atoms with E-state index in [2.05, 4.69) is 202 Å². The Bertz CT molecular complexity index is 3120. The van der Waals surface area contributed by atoms with Crippen molar-refractivity contribution in [2.24, 2.45) is 0 Å². The van der Waals surface area contributed by atoms with Gasteiger partial charge in [-0.1, -0.05) is 202 Å². The molecule has 1 aliphatic heterocycles. The zero-order valence-electron chi connectivity index (χ0n) is 32.8. The molecule has 278 valence electrons. The van der Waals surface area contributed by atoms with E-state index >= 15 is 0 Å². The van der Waals surface area contributed by atoms with Crippen LogP contribution in [0.25, 0.3) is 67.3 Å². The van der Waals surface area contributed by atoms with Crippen LogP contribution in [0.15, 0.2) is 204 Å². The van der Waals surface area contributed by atoms with Gasteiger partial charge in [0, 0.05) is 31.9 Å². The van der Waals surface area contributed by atoms with E-state index in [0.29, 0.717) is 0 Å². The predicted octanol–water partition coefficient (Wildman–Crippen LogP) is 14.3. The molecule has 0 N–H and O–H groups in total. The lowest BCUT2D eigenvalue weighted by Gasteiger charge is -2.40. The van der Waals surface area contributed by atoms with Gasteiger partial charge < -0.3 is 0 Å². The molecule has 59 heavy (non-hydrogen) atoms. The fourth-order valence-electron chi connectivity index (χ4n) is 10.2. The SMILES string of the molecule is CC1(C)c2ccccc2-c2ccc(-c3cc(-c4ccc(-c5cccc6c5Sc5ccccc5C65c6ccccc6-c6ccccc65)cc4)nc(-c4ccccc4)n3)cc21. The van der Waals surface area contributed by atoms with Gasteiger partial charge in [-0.2, -0.15) is 0 Å². The molecule has 0 unspecified atom stereocenters. The predicted molar refractivity (Wildman–Crippen MR) is 243 cm³/mol. The van der Waals surface area contributed by atoms with Crippen molar-refractivity contribution in [3.8, 4) is 67.3 Å². The number of hydrogen-bond acceptors (Lipinski definition) is 3. The highest BCUT2D eigenvalue weighted by molar-refractivity contribution is 7.99. The van der Waals surface area contributed by atoms with Gasteiger partial charge in [0.1, 0.15) is 0 Å². The minimum absolute atomic E-state index is 0.100. The Labute approximate surface area is 349 Å². The molecule has 9 aromatic rings. The van der Waals surface area contributed by atoms with Gasteiger partial charge in [0.05, 0.1) is 16.8 Å². The van der Waals surface area contributed by atoms with Crippen LogP contribution in [-0.4, -0.2) is 9.97 Å². The Balaban J connectivity index is 0.984. The van der Waals surface area contributed by atoms with Crippen molar-refractivity contribution in [1.82, 2.24) is 9.97 Å². The molecule has 8 aromatic carbocycles. The average Bonchev–Trinajstić information content (AvgIpc) is 3.72. The second kappa shape index (κ2) is 12.8. The first kappa shape index (κ1) is 34.3. The molecule has 0 bridgehead atoms. The highest BCUT2D eigenvalue weighted by Crippen LogP contribution is 2.63. The zero-order chi connectivity index (χ0) is 39.3. The number of benzene rings is 8. The summed E-state index contributed by atoms with van der Waals surface area (Å²) < 4.78 is 0. The van der Waals surface area contributed by atoms with E-state index in [-0.39, 0.29) is 5.41 Å². The Morgan fingerprint density at radius 2 is 0.864 bits per heavy atom. The van der Waals surface area contributed by atoms with Crippen LogP contribution in [0.4, 0.5) is 0 Å². The van der Waals surface area contributed by atoms with Gasteiger partial charge >= 0.3 is 0 Å². The summed E-state index contributed by atoms with van der Waals surface area (Å²) >= 11 is 1.90. The number of nitrogens with zero attached hydrogens (tertiary/aromatic N) is 2. The first-order valence-corrected chi connectivity index (χ1v) is 21.2. The molecular weight excluding hydrogens is 733 g/mol. The van der Waals surface area contributed by atoms with E-state index in [4.69, 9.17) is 9.97 Å². The van der Waals surface area contributed by atoms with E-state index in [1.54, 1.807) is 0 Å². The zero-order valence-corrected chi connectivity index (χ0v) is 33.6. The maximum atomic E-state index is 5.21. The first-order valence-electron chi connectivity index (χ1n) is 20.4. The van der Waals surface area contributed by atoms with Gasteiger partial charge in [-0.3, -0.25) is 0 Å². The number of hydrogen-bond donors (Lipinski definition) is 0. The Morgan fingerprint density at radius 1 is 0.356 bits per heavy atom. The quantitative estimate of drug-likeness (QED) is 0.178. The van der Waals surface area contributed by atoms with Gasteiger partial charge in [-0.15, -0.1) is 0 Å². The molecule has 2 heterocycles. The summed E-state index contributed by atoms with van der Waals surface area (Å²) in [6.07, 6.45) is 0. The van der Waals surface area contributed by atoms with Crippen molar-refractivity contribution in [1.29, 1.82) is 0 Å². The Hall–Kier alpha value is -6.81. The standard InChI is InChI=1S/C56H38N2S/c1-55(2)44-21-9-6-17-40(44)43-32-31-38(33-49(43)55)51-34-50(57-54(58-51)37-15-4-3-5-16-37)36-29-27-35(28-30-36)39-20-14-25-48-53(39)59-52-26-13-12-24-47(52)56(48)45-22-10-7-18-41(45)42-19-8-11-23-46(42)56/h3-34H,1-2H3. The summed E-state index contributed by atoms with van der Waals surface area (Å²) in [5, 5.41) is 0. The molecule has 0 amide bonds. The van der Waals surface area contributed by atoms with Crippen LogP contribution >= 0.6 is 11.8 Å². The lowest BCUT2D eigenvalue weighted by molar-refractivity contribution is 0.660. The van der Waals surface area contributed by atoms with Crippen LogP contribution in [0.1, 0.15) is 47.2 Å². The van der Waals surface area contributed by atoms with Crippen LogP contribution in [0, 0.1) is 0 Å². The van der Waals surface area contributed by atoms with Crippen molar-refractivity contribution < 1.29 is 0 Å². The summed E-state index contributed by atoms with van der Waals surface area (Å²) in [5.41, 5.74) is 20.3. The van der Waals surface area contributed by atoms with E-state index in [0.717, 1.165) is 33.9 Å². The monoisotopic (exact) mass is 770 g/mol. The topological polar surface area (TPSA) is 25.8 Å². The summed E-state index contributed by atoms with van der Waals surface area (Å²) in [6, 6.07) is 71.1. The molecule has 12 rings (SSSR count). The third-order valence-electron chi connectivity index (χ3n) is 13.0. The second-order valence-electron chi connectivity index (χ2n) is 16.5. The van der Waals surface area contributed by atoms with Crippen LogP contribution < -0.4 is 0 Å². The normalized spacial score (nSPS) is 14.5. The molecule has 0 saturated heterocycles. The minimum Gasteiger partial charge on any atom is -0.228 e. The molecule has 3 heteroatoms. The van der Waals surface area contributed by atoms with Crippen LogP contribution in [0.5, 0.6) is 0 Å². The Kier molecular flexibility index (Phi) is 7.46. The van der Waals surface area contributed by atoms with Crippen molar-refractivity contribution >= 4 is 11.8 Å². The maximum absolute atomic E-state index is 5.21. The summed E-state index contributed by atoms with van der Waals surface area (Å²) in [4.78, 5) is 13.0.